The van der Waals surface area contributed by atoms with Gasteiger partial charge in [0.1, 0.15) is 5.69 Å². The third kappa shape index (κ3) is 3.15. The highest BCUT2D eigenvalue weighted by Gasteiger charge is 2.30. The molecule has 0 aliphatic carbocycles. The maximum atomic E-state index is 12.6. The Kier molecular flexibility index (Phi) is 4.74. The molecule has 3 rings (SSSR count). The van der Waals surface area contributed by atoms with Gasteiger partial charge in [-0.2, -0.15) is 0 Å². The fourth-order valence-electron chi connectivity index (χ4n) is 2.76. The van der Waals surface area contributed by atoms with Crippen LogP contribution < -0.4 is 0 Å². The largest absolute Gasteiger partial charge is 0.396 e. The van der Waals surface area contributed by atoms with Gasteiger partial charge >= 0.3 is 0 Å². The summed E-state index contributed by atoms with van der Waals surface area (Å²) < 4.78 is 0. The number of thiazole rings is 1. The van der Waals surface area contributed by atoms with Crippen molar-refractivity contribution in [2.75, 3.05) is 13.2 Å². The first-order valence-corrected chi connectivity index (χ1v) is 8.32. The van der Waals surface area contributed by atoms with Crippen molar-refractivity contribution >= 4 is 17.2 Å². The third-order valence-electron chi connectivity index (χ3n) is 3.81. The number of aliphatic hydroxyl groups excluding tert-OH is 1. The molecule has 22 heavy (non-hydrogen) atoms. The molecule has 3 heterocycles. The van der Waals surface area contributed by atoms with E-state index >= 15 is 0 Å². The van der Waals surface area contributed by atoms with E-state index in [4.69, 9.17) is 5.11 Å². The molecular weight excluding hydrogens is 300 g/mol. The fraction of sp³-hybridized carbons (Fsp3) is 0.467. The topological polar surface area (TPSA) is 79.2 Å². The summed E-state index contributed by atoms with van der Waals surface area (Å²) in [6, 6.07) is 1.97. The SMILES string of the molecule is O=C(c1csc(-c2ncccn2)n1)N1CCCC1CCCO. The Balaban J connectivity index is 1.74. The number of nitrogens with zero attached hydrogens (tertiary/aromatic N) is 4. The Morgan fingerprint density at radius 3 is 3.00 bits per heavy atom. The van der Waals surface area contributed by atoms with Gasteiger partial charge in [0.2, 0.25) is 0 Å². The monoisotopic (exact) mass is 318 g/mol. The van der Waals surface area contributed by atoms with Crippen LogP contribution >= 0.6 is 11.3 Å². The number of amides is 1. The van der Waals surface area contributed by atoms with Crippen LogP contribution in [0.25, 0.3) is 10.8 Å². The zero-order valence-corrected chi connectivity index (χ0v) is 13.0. The smallest absolute Gasteiger partial charge is 0.273 e. The molecule has 1 aliphatic heterocycles. The number of aromatic nitrogens is 3. The van der Waals surface area contributed by atoms with Crippen LogP contribution in [-0.4, -0.2) is 50.1 Å². The van der Waals surface area contributed by atoms with Crippen LogP contribution in [-0.2, 0) is 0 Å². The molecule has 1 N–H and O–H groups in total. The Morgan fingerprint density at radius 1 is 1.41 bits per heavy atom. The van der Waals surface area contributed by atoms with Gasteiger partial charge < -0.3 is 10.0 Å². The Labute approximate surface area is 132 Å². The minimum absolute atomic E-state index is 0.0288. The standard InChI is InChI=1S/C15H18N4O2S/c20-9-2-5-11-4-1-8-19(11)15(21)12-10-22-14(18-12)13-16-6-3-7-17-13/h3,6-7,10-11,20H,1-2,4-5,8-9H2. The van der Waals surface area contributed by atoms with E-state index in [9.17, 15) is 4.79 Å². The second-order valence-electron chi connectivity index (χ2n) is 5.27. The molecule has 116 valence electrons. The lowest BCUT2D eigenvalue weighted by Gasteiger charge is -2.23. The molecule has 7 heteroatoms. The van der Waals surface area contributed by atoms with Crippen LogP contribution in [0.15, 0.2) is 23.8 Å². The van der Waals surface area contributed by atoms with Crippen molar-refractivity contribution in [1.29, 1.82) is 0 Å². The number of carbonyl (C=O) groups excluding carboxylic acids is 1. The molecule has 0 saturated carbocycles. The highest BCUT2D eigenvalue weighted by atomic mass is 32.1. The lowest BCUT2D eigenvalue weighted by atomic mass is 10.1. The maximum absolute atomic E-state index is 12.6. The van der Waals surface area contributed by atoms with Crippen LogP contribution in [0.1, 0.15) is 36.2 Å². The normalized spacial score (nSPS) is 17.9. The molecule has 1 atom stereocenters. The summed E-state index contributed by atoms with van der Waals surface area (Å²) in [6.07, 6.45) is 6.92. The van der Waals surface area contributed by atoms with Crippen molar-refractivity contribution in [3.63, 3.8) is 0 Å². The zero-order chi connectivity index (χ0) is 15.4. The molecule has 1 amide bonds. The first-order valence-electron chi connectivity index (χ1n) is 7.44. The highest BCUT2D eigenvalue weighted by Crippen LogP contribution is 2.26. The van der Waals surface area contributed by atoms with Gasteiger partial charge in [-0.05, 0) is 31.7 Å². The molecular formula is C15H18N4O2S. The van der Waals surface area contributed by atoms with Crippen LogP contribution in [0.5, 0.6) is 0 Å². The van der Waals surface area contributed by atoms with Gasteiger partial charge in [0.15, 0.2) is 10.8 Å². The lowest BCUT2D eigenvalue weighted by molar-refractivity contribution is 0.0719. The number of hydrogen-bond donors (Lipinski definition) is 1. The van der Waals surface area contributed by atoms with Crippen molar-refractivity contribution in [3.8, 4) is 10.8 Å². The number of hydrogen-bond acceptors (Lipinski definition) is 6. The van der Waals surface area contributed by atoms with E-state index < -0.39 is 0 Å². The predicted molar refractivity (Wildman–Crippen MR) is 83.5 cm³/mol. The third-order valence-corrected chi connectivity index (χ3v) is 4.65. The van der Waals surface area contributed by atoms with Gasteiger partial charge in [-0.25, -0.2) is 15.0 Å². The van der Waals surface area contributed by atoms with Crippen LogP contribution in [0, 0.1) is 0 Å². The molecule has 0 bridgehead atoms. The van der Waals surface area contributed by atoms with Gasteiger partial charge in [-0.3, -0.25) is 4.79 Å². The van der Waals surface area contributed by atoms with Crippen LogP contribution in [0.4, 0.5) is 0 Å². The van der Waals surface area contributed by atoms with Crippen molar-refractivity contribution in [2.45, 2.75) is 31.7 Å². The summed E-state index contributed by atoms with van der Waals surface area (Å²) in [5.41, 5.74) is 0.461. The van der Waals surface area contributed by atoms with Crippen molar-refractivity contribution in [1.82, 2.24) is 19.9 Å². The quantitative estimate of drug-likeness (QED) is 0.912. The zero-order valence-electron chi connectivity index (χ0n) is 12.2. The molecule has 1 aliphatic rings. The number of carbonyl (C=O) groups is 1. The van der Waals surface area contributed by atoms with Gasteiger partial charge in [-0.1, -0.05) is 0 Å². The van der Waals surface area contributed by atoms with E-state index in [1.54, 1.807) is 23.8 Å². The average Bonchev–Trinajstić information content (AvgIpc) is 3.22. The molecule has 6 nitrogen and oxygen atoms in total. The lowest BCUT2D eigenvalue weighted by Crippen LogP contribution is -2.35. The molecule has 0 aromatic carbocycles. The summed E-state index contributed by atoms with van der Waals surface area (Å²) in [5.74, 6) is 0.517. The van der Waals surface area contributed by atoms with Gasteiger partial charge in [0.25, 0.3) is 5.91 Å². The molecule has 2 aromatic rings. The minimum atomic E-state index is -0.0288. The Morgan fingerprint density at radius 2 is 2.23 bits per heavy atom. The summed E-state index contributed by atoms with van der Waals surface area (Å²) in [4.78, 5) is 27.2. The van der Waals surface area contributed by atoms with Gasteiger partial charge in [0, 0.05) is 37.0 Å². The van der Waals surface area contributed by atoms with Crippen molar-refractivity contribution in [2.24, 2.45) is 0 Å². The van der Waals surface area contributed by atoms with Gasteiger partial charge in [0.05, 0.1) is 0 Å². The Bertz CT molecular complexity index is 631. The van der Waals surface area contributed by atoms with E-state index in [1.165, 1.54) is 11.3 Å². The van der Waals surface area contributed by atoms with E-state index in [2.05, 4.69) is 15.0 Å². The van der Waals surface area contributed by atoms with Gasteiger partial charge in [-0.15, -0.1) is 11.3 Å². The fourth-order valence-corrected chi connectivity index (χ4v) is 3.50. The first-order chi connectivity index (χ1) is 10.8. The van der Waals surface area contributed by atoms with Crippen LogP contribution in [0.2, 0.25) is 0 Å². The van der Waals surface area contributed by atoms with Crippen molar-refractivity contribution < 1.29 is 9.90 Å². The molecule has 0 radical (unpaired) electrons. The van der Waals surface area contributed by atoms with E-state index in [-0.39, 0.29) is 18.6 Å². The second kappa shape index (κ2) is 6.93. The first kappa shape index (κ1) is 15.1. The number of likely N-dealkylation sites (tertiary alicyclic amines) is 1. The van der Waals surface area contributed by atoms with Crippen molar-refractivity contribution in [3.05, 3.63) is 29.5 Å². The van der Waals surface area contributed by atoms with E-state index in [0.717, 1.165) is 32.2 Å². The summed E-state index contributed by atoms with van der Waals surface area (Å²) in [7, 11) is 0. The van der Waals surface area contributed by atoms with E-state index in [0.29, 0.717) is 16.5 Å². The highest BCUT2D eigenvalue weighted by molar-refractivity contribution is 7.13. The molecule has 1 saturated heterocycles. The molecule has 0 spiro atoms. The number of aliphatic hydroxyl groups is 1. The average molecular weight is 318 g/mol. The molecule has 1 fully saturated rings. The predicted octanol–water partition coefficient (Wildman–Crippen LogP) is 1.98. The molecule has 2 aromatic heterocycles. The summed E-state index contributed by atoms with van der Waals surface area (Å²) >= 11 is 1.39. The summed E-state index contributed by atoms with van der Waals surface area (Å²) in [5, 5.41) is 11.4. The summed E-state index contributed by atoms with van der Waals surface area (Å²) in [6.45, 7) is 0.939. The maximum Gasteiger partial charge on any atom is 0.273 e. The molecule has 1 unspecified atom stereocenters. The Hall–Kier alpha value is -1.86. The van der Waals surface area contributed by atoms with E-state index in [1.807, 2.05) is 4.90 Å². The second-order valence-corrected chi connectivity index (χ2v) is 6.13. The minimum Gasteiger partial charge on any atom is -0.396 e. The number of rotatable bonds is 5. The van der Waals surface area contributed by atoms with Crippen LogP contribution in [0.3, 0.4) is 0 Å².